The van der Waals surface area contributed by atoms with E-state index in [1.54, 1.807) is 0 Å². The maximum Gasteiger partial charge on any atom is 0.0518 e. The highest BCUT2D eigenvalue weighted by molar-refractivity contribution is 5.02. The second-order valence-electron chi connectivity index (χ2n) is 5.61. The lowest BCUT2D eigenvalue weighted by Crippen LogP contribution is -2.37. The zero-order valence-corrected chi connectivity index (χ0v) is 11.7. The summed E-state index contributed by atoms with van der Waals surface area (Å²) >= 11 is 0. The van der Waals surface area contributed by atoms with E-state index in [4.69, 9.17) is 0 Å². The first-order valence-electron chi connectivity index (χ1n) is 7.20. The zero-order chi connectivity index (χ0) is 12.8. The Kier molecular flexibility index (Phi) is 5.20. The minimum absolute atomic E-state index is 0.358. The molecule has 1 saturated heterocycles. The molecule has 2 heterocycles. The lowest BCUT2D eigenvalue weighted by Gasteiger charge is -2.29. The fourth-order valence-electron chi connectivity index (χ4n) is 2.64. The van der Waals surface area contributed by atoms with Crippen molar-refractivity contribution in [2.24, 2.45) is 5.92 Å². The lowest BCUT2D eigenvalue weighted by molar-refractivity contribution is 0.197. The smallest absolute Gasteiger partial charge is 0.0518 e. The fourth-order valence-corrected chi connectivity index (χ4v) is 2.64. The summed E-state index contributed by atoms with van der Waals surface area (Å²) in [6.45, 7) is 9.39. The van der Waals surface area contributed by atoms with E-state index in [0.29, 0.717) is 12.0 Å². The van der Waals surface area contributed by atoms with Crippen LogP contribution in [0, 0.1) is 5.92 Å². The molecule has 2 atom stereocenters. The SMILES string of the molecule is CC(CNC(C)c1ccn[nH]1)CN1CCCCC1. The lowest BCUT2D eigenvalue weighted by atomic mass is 10.1. The van der Waals surface area contributed by atoms with E-state index < -0.39 is 0 Å². The zero-order valence-electron chi connectivity index (χ0n) is 11.7. The molecular weight excluding hydrogens is 224 g/mol. The molecule has 0 saturated carbocycles. The summed E-state index contributed by atoms with van der Waals surface area (Å²) in [4.78, 5) is 2.61. The second-order valence-corrected chi connectivity index (χ2v) is 5.61. The third kappa shape index (κ3) is 4.10. The van der Waals surface area contributed by atoms with Crippen molar-refractivity contribution in [2.45, 2.75) is 39.2 Å². The van der Waals surface area contributed by atoms with Gasteiger partial charge >= 0.3 is 0 Å². The van der Waals surface area contributed by atoms with Crippen LogP contribution >= 0.6 is 0 Å². The number of nitrogens with zero attached hydrogens (tertiary/aromatic N) is 2. The largest absolute Gasteiger partial charge is 0.309 e. The third-order valence-corrected chi connectivity index (χ3v) is 3.78. The van der Waals surface area contributed by atoms with Gasteiger partial charge in [-0.15, -0.1) is 0 Å². The number of aromatic amines is 1. The number of hydrogen-bond acceptors (Lipinski definition) is 3. The van der Waals surface area contributed by atoms with Gasteiger partial charge in [0.05, 0.1) is 5.69 Å². The number of hydrogen-bond donors (Lipinski definition) is 2. The second kappa shape index (κ2) is 6.90. The maximum absolute atomic E-state index is 3.99. The first-order chi connectivity index (χ1) is 8.75. The number of piperidine rings is 1. The standard InChI is InChI=1S/C14H26N4/c1-12(11-18-8-4-3-5-9-18)10-15-13(2)14-6-7-16-17-14/h6-7,12-13,15H,3-5,8-11H2,1-2H3,(H,16,17). The predicted molar refractivity (Wildman–Crippen MR) is 74.5 cm³/mol. The summed E-state index contributed by atoms with van der Waals surface area (Å²) in [5.41, 5.74) is 1.17. The van der Waals surface area contributed by atoms with E-state index in [1.165, 1.54) is 44.6 Å². The molecule has 1 aromatic heterocycles. The van der Waals surface area contributed by atoms with Crippen molar-refractivity contribution in [3.05, 3.63) is 18.0 Å². The van der Waals surface area contributed by atoms with E-state index >= 15 is 0 Å². The molecule has 0 radical (unpaired) electrons. The molecule has 1 aliphatic rings. The number of nitrogens with one attached hydrogen (secondary N) is 2. The number of rotatable bonds is 6. The average Bonchev–Trinajstić information content (AvgIpc) is 2.91. The molecule has 1 fully saturated rings. The van der Waals surface area contributed by atoms with Crippen LogP contribution in [0.3, 0.4) is 0 Å². The van der Waals surface area contributed by atoms with Crippen molar-refractivity contribution in [1.29, 1.82) is 0 Å². The third-order valence-electron chi connectivity index (χ3n) is 3.78. The van der Waals surface area contributed by atoms with Gasteiger partial charge in [0.2, 0.25) is 0 Å². The Hall–Kier alpha value is -0.870. The number of H-pyrrole nitrogens is 1. The van der Waals surface area contributed by atoms with Crippen LogP contribution < -0.4 is 5.32 Å². The normalized spacial score (nSPS) is 20.8. The van der Waals surface area contributed by atoms with Crippen molar-refractivity contribution in [3.8, 4) is 0 Å². The van der Waals surface area contributed by atoms with E-state index in [-0.39, 0.29) is 0 Å². The van der Waals surface area contributed by atoms with E-state index in [1.807, 2.05) is 12.3 Å². The summed E-state index contributed by atoms with van der Waals surface area (Å²) in [7, 11) is 0. The first-order valence-corrected chi connectivity index (χ1v) is 7.20. The average molecular weight is 250 g/mol. The molecule has 4 nitrogen and oxygen atoms in total. The molecular formula is C14H26N4. The van der Waals surface area contributed by atoms with E-state index in [0.717, 1.165) is 6.54 Å². The fraction of sp³-hybridized carbons (Fsp3) is 0.786. The van der Waals surface area contributed by atoms with Gasteiger partial charge in [-0.05, 0) is 51.4 Å². The van der Waals surface area contributed by atoms with Gasteiger partial charge in [0, 0.05) is 18.8 Å². The summed E-state index contributed by atoms with van der Waals surface area (Å²) < 4.78 is 0. The minimum Gasteiger partial charge on any atom is -0.309 e. The molecule has 2 unspecified atom stereocenters. The Labute approximate surface area is 110 Å². The first kappa shape index (κ1) is 13.6. The van der Waals surface area contributed by atoms with E-state index in [9.17, 15) is 0 Å². The van der Waals surface area contributed by atoms with Crippen molar-refractivity contribution in [3.63, 3.8) is 0 Å². The molecule has 2 rings (SSSR count). The highest BCUT2D eigenvalue weighted by Gasteiger charge is 2.14. The molecule has 18 heavy (non-hydrogen) atoms. The minimum atomic E-state index is 0.358. The van der Waals surface area contributed by atoms with Gasteiger partial charge in [-0.25, -0.2) is 0 Å². The molecule has 0 aliphatic carbocycles. The Balaban J connectivity index is 1.66. The molecule has 0 spiro atoms. The topological polar surface area (TPSA) is 44.0 Å². The van der Waals surface area contributed by atoms with Crippen molar-refractivity contribution >= 4 is 0 Å². The quantitative estimate of drug-likeness (QED) is 0.813. The van der Waals surface area contributed by atoms with Crippen molar-refractivity contribution < 1.29 is 0 Å². The Morgan fingerprint density at radius 2 is 2.11 bits per heavy atom. The van der Waals surface area contributed by atoms with Crippen LogP contribution in [-0.4, -0.2) is 41.3 Å². The van der Waals surface area contributed by atoms with E-state index in [2.05, 4.69) is 34.3 Å². The van der Waals surface area contributed by atoms with Crippen LogP contribution in [0.1, 0.15) is 44.8 Å². The molecule has 2 N–H and O–H groups in total. The summed E-state index contributed by atoms with van der Waals surface area (Å²) in [6, 6.07) is 2.39. The molecule has 4 heteroatoms. The maximum atomic E-state index is 3.99. The predicted octanol–water partition coefficient (Wildman–Crippen LogP) is 2.18. The molecule has 0 bridgehead atoms. The van der Waals surface area contributed by atoms with Crippen LogP contribution in [0.25, 0.3) is 0 Å². The van der Waals surface area contributed by atoms with Crippen LogP contribution in [0.15, 0.2) is 12.3 Å². The molecule has 102 valence electrons. The van der Waals surface area contributed by atoms with Crippen LogP contribution in [0.4, 0.5) is 0 Å². The number of likely N-dealkylation sites (tertiary alicyclic amines) is 1. The molecule has 0 amide bonds. The van der Waals surface area contributed by atoms with Gasteiger partial charge in [-0.2, -0.15) is 5.10 Å². The van der Waals surface area contributed by atoms with Crippen molar-refractivity contribution in [1.82, 2.24) is 20.4 Å². The Morgan fingerprint density at radius 3 is 2.78 bits per heavy atom. The van der Waals surface area contributed by atoms with Crippen LogP contribution in [-0.2, 0) is 0 Å². The Morgan fingerprint density at radius 1 is 1.33 bits per heavy atom. The van der Waals surface area contributed by atoms with Crippen molar-refractivity contribution in [2.75, 3.05) is 26.2 Å². The van der Waals surface area contributed by atoms with Gasteiger partial charge in [-0.3, -0.25) is 5.10 Å². The van der Waals surface area contributed by atoms with Gasteiger partial charge in [0.1, 0.15) is 0 Å². The molecule has 1 aromatic rings. The van der Waals surface area contributed by atoms with Crippen LogP contribution in [0.5, 0.6) is 0 Å². The highest BCUT2D eigenvalue weighted by atomic mass is 15.1. The molecule has 0 aromatic carbocycles. The number of aromatic nitrogens is 2. The van der Waals surface area contributed by atoms with Gasteiger partial charge in [0.25, 0.3) is 0 Å². The highest BCUT2D eigenvalue weighted by Crippen LogP contribution is 2.12. The Bertz CT molecular complexity index is 317. The van der Waals surface area contributed by atoms with Crippen LogP contribution in [0.2, 0.25) is 0 Å². The summed E-state index contributed by atoms with van der Waals surface area (Å²) in [5, 5.41) is 10.6. The molecule has 1 aliphatic heterocycles. The monoisotopic (exact) mass is 250 g/mol. The summed E-state index contributed by atoms with van der Waals surface area (Å²) in [5.74, 6) is 0.702. The van der Waals surface area contributed by atoms with Gasteiger partial charge in [-0.1, -0.05) is 13.3 Å². The van der Waals surface area contributed by atoms with Gasteiger partial charge in [0.15, 0.2) is 0 Å². The van der Waals surface area contributed by atoms with Gasteiger partial charge < -0.3 is 10.2 Å². The summed E-state index contributed by atoms with van der Waals surface area (Å²) in [6.07, 6.45) is 5.99.